The Morgan fingerprint density at radius 3 is 2.63 bits per heavy atom. The first-order valence-electron chi connectivity index (χ1n) is 9.53. The molecule has 0 unspecified atom stereocenters. The van der Waals surface area contributed by atoms with Gasteiger partial charge in [0.1, 0.15) is 0 Å². The van der Waals surface area contributed by atoms with E-state index >= 15 is 0 Å². The summed E-state index contributed by atoms with van der Waals surface area (Å²) in [5.41, 5.74) is 3.49. The zero-order valence-corrected chi connectivity index (χ0v) is 16.0. The van der Waals surface area contributed by atoms with Crippen molar-refractivity contribution in [1.29, 1.82) is 0 Å². The summed E-state index contributed by atoms with van der Waals surface area (Å²) in [6.07, 6.45) is 4.18. The first kappa shape index (κ1) is 17.7. The fourth-order valence-corrected chi connectivity index (χ4v) is 3.97. The van der Waals surface area contributed by atoms with Gasteiger partial charge in [-0.15, -0.1) is 0 Å². The Kier molecular flexibility index (Phi) is 4.68. The third kappa shape index (κ3) is 3.34. The van der Waals surface area contributed by atoms with E-state index in [0.29, 0.717) is 6.54 Å². The summed E-state index contributed by atoms with van der Waals surface area (Å²) in [4.78, 5) is 14.7. The van der Waals surface area contributed by atoms with Gasteiger partial charge in [0.05, 0.1) is 14.2 Å². The maximum absolute atomic E-state index is 12.9. The predicted molar refractivity (Wildman–Crippen MR) is 106 cm³/mol. The number of urea groups is 1. The highest BCUT2D eigenvalue weighted by Gasteiger charge is 2.45. The second-order valence-electron chi connectivity index (χ2n) is 7.39. The Morgan fingerprint density at radius 1 is 1.11 bits per heavy atom. The van der Waals surface area contributed by atoms with Crippen LogP contribution in [0.1, 0.15) is 30.4 Å². The van der Waals surface area contributed by atoms with E-state index in [1.54, 1.807) is 14.2 Å². The van der Waals surface area contributed by atoms with Crippen molar-refractivity contribution in [2.45, 2.75) is 31.1 Å². The molecule has 0 spiro atoms. The van der Waals surface area contributed by atoms with Gasteiger partial charge in [-0.2, -0.15) is 0 Å². The molecule has 0 radical (unpaired) electrons. The van der Waals surface area contributed by atoms with Crippen LogP contribution in [0.15, 0.2) is 42.5 Å². The molecule has 2 aliphatic rings. The highest BCUT2D eigenvalue weighted by molar-refractivity contribution is 5.93. The van der Waals surface area contributed by atoms with E-state index in [0.717, 1.165) is 49.4 Å². The van der Waals surface area contributed by atoms with E-state index in [9.17, 15) is 4.79 Å². The normalized spacial score (nSPS) is 17.0. The van der Waals surface area contributed by atoms with Gasteiger partial charge >= 0.3 is 6.03 Å². The van der Waals surface area contributed by atoms with Gasteiger partial charge in [-0.1, -0.05) is 24.3 Å². The molecule has 2 amide bonds. The van der Waals surface area contributed by atoms with E-state index in [1.165, 1.54) is 11.1 Å². The standard InChI is InChI=1S/C22H26N2O3/c1-26-19-10-9-17(14-20(19)27-2)22(11-12-22)15-23-21(25)24-13-5-7-16-6-3-4-8-18(16)24/h3-4,6,8-10,14H,5,7,11-13,15H2,1-2H3,(H,23,25). The van der Waals surface area contributed by atoms with Crippen LogP contribution in [-0.2, 0) is 11.8 Å². The van der Waals surface area contributed by atoms with Crippen molar-refractivity contribution in [1.82, 2.24) is 5.32 Å². The van der Waals surface area contributed by atoms with Crippen LogP contribution >= 0.6 is 0 Å². The molecule has 1 fully saturated rings. The second-order valence-corrected chi connectivity index (χ2v) is 7.39. The molecule has 1 N–H and O–H groups in total. The van der Waals surface area contributed by atoms with Crippen molar-refractivity contribution in [2.24, 2.45) is 0 Å². The molecule has 1 saturated carbocycles. The zero-order valence-electron chi connectivity index (χ0n) is 16.0. The number of nitrogens with zero attached hydrogens (tertiary/aromatic N) is 1. The highest BCUT2D eigenvalue weighted by Crippen LogP contribution is 2.49. The summed E-state index contributed by atoms with van der Waals surface area (Å²) in [5, 5.41) is 3.18. The molecule has 2 aromatic rings. The summed E-state index contributed by atoms with van der Waals surface area (Å²) in [7, 11) is 3.29. The SMILES string of the molecule is COc1ccc(C2(CNC(=O)N3CCCc4ccccc43)CC2)cc1OC. The number of nitrogens with one attached hydrogen (secondary N) is 1. The highest BCUT2D eigenvalue weighted by atomic mass is 16.5. The molecule has 1 aliphatic heterocycles. The number of hydrogen-bond donors (Lipinski definition) is 1. The average Bonchev–Trinajstić information content (AvgIpc) is 3.52. The monoisotopic (exact) mass is 366 g/mol. The number of aryl methyl sites for hydroxylation is 1. The van der Waals surface area contributed by atoms with E-state index in [4.69, 9.17) is 9.47 Å². The van der Waals surface area contributed by atoms with Crippen molar-refractivity contribution in [2.75, 3.05) is 32.2 Å². The summed E-state index contributed by atoms with van der Waals surface area (Å²) >= 11 is 0. The lowest BCUT2D eigenvalue weighted by Crippen LogP contribution is -2.45. The minimum absolute atomic E-state index is 0.00448. The minimum atomic E-state index is -0.00565. The molecule has 0 bridgehead atoms. The third-order valence-corrected chi connectivity index (χ3v) is 5.78. The van der Waals surface area contributed by atoms with Crippen molar-refractivity contribution in [3.63, 3.8) is 0 Å². The summed E-state index contributed by atoms with van der Waals surface area (Å²) in [5.74, 6) is 1.46. The maximum atomic E-state index is 12.9. The van der Waals surface area contributed by atoms with Crippen LogP contribution in [0.3, 0.4) is 0 Å². The Morgan fingerprint density at radius 2 is 1.89 bits per heavy atom. The lowest BCUT2D eigenvalue weighted by molar-refractivity contribution is 0.244. The molecular weight excluding hydrogens is 340 g/mol. The number of carbonyl (C=O) groups is 1. The molecule has 0 atom stereocenters. The van der Waals surface area contributed by atoms with Gasteiger partial charge in [0, 0.05) is 24.2 Å². The Hall–Kier alpha value is -2.69. The minimum Gasteiger partial charge on any atom is -0.493 e. The van der Waals surface area contributed by atoms with Crippen LogP contribution in [0, 0.1) is 0 Å². The smallest absolute Gasteiger partial charge is 0.321 e. The molecule has 1 aliphatic carbocycles. The topological polar surface area (TPSA) is 50.8 Å². The van der Waals surface area contributed by atoms with E-state index in [-0.39, 0.29) is 11.4 Å². The van der Waals surface area contributed by atoms with Gasteiger partial charge in [0.2, 0.25) is 0 Å². The fraction of sp³-hybridized carbons (Fsp3) is 0.409. The Labute approximate surface area is 160 Å². The van der Waals surface area contributed by atoms with Crippen molar-refractivity contribution >= 4 is 11.7 Å². The second kappa shape index (κ2) is 7.14. The lowest BCUT2D eigenvalue weighted by atomic mass is 9.95. The van der Waals surface area contributed by atoms with Crippen LogP contribution in [0.25, 0.3) is 0 Å². The van der Waals surface area contributed by atoms with Gasteiger partial charge in [-0.3, -0.25) is 4.90 Å². The lowest BCUT2D eigenvalue weighted by Gasteiger charge is -2.30. The molecule has 142 valence electrons. The predicted octanol–water partition coefficient (Wildman–Crippen LogP) is 3.90. The van der Waals surface area contributed by atoms with Gasteiger partial charge in [0.25, 0.3) is 0 Å². The number of amides is 2. The average molecular weight is 366 g/mol. The first-order chi connectivity index (χ1) is 13.2. The van der Waals surface area contributed by atoms with Crippen molar-refractivity contribution in [3.8, 4) is 11.5 Å². The van der Waals surface area contributed by atoms with Crippen LogP contribution in [0.2, 0.25) is 0 Å². The molecule has 4 rings (SSSR count). The van der Waals surface area contributed by atoms with Crippen molar-refractivity contribution < 1.29 is 14.3 Å². The summed E-state index contributed by atoms with van der Waals surface area (Å²) in [6.45, 7) is 1.41. The number of rotatable bonds is 5. The van der Waals surface area contributed by atoms with Crippen molar-refractivity contribution in [3.05, 3.63) is 53.6 Å². The molecule has 27 heavy (non-hydrogen) atoms. The number of ether oxygens (including phenoxy) is 2. The van der Waals surface area contributed by atoms with Gasteiger partial charge < -0.3 is 14.8 Å². The molecule has 5 nitrogen and oxygen atoms in total. The van der Waals surface area contributed by atoms with Gasteiger partial charge in [-0.05, 0) is 55.0 Å². The van der Waals surface area contributed by atoms with E-state index in [1.807, 2.05) is 35.2 Å². The third-order valence-electron chi connectivity index (χ3n) is 5.78. The largest absolute Gasteiger partial charge is 0.493 e. The number of para-hydroxylation sites is 1. The molecule has 0 aromatic heterocycles. The number of fused-ring (bicyclic) bond motifs is 1. The molecule has 0 saturated heterocycles. The van der Waals surface area contributed by atoms with Crippen LogP contribution < -0.4 is 19.7 Å². The quantitative estimate of drug-likeness (QED) is 0.873. The summed E-state index contributed by atoms with van der Waals surface area (Å²) < 4.78 is 10.8. The van der Waals surface area contributed by atoms with Crippen LogP contribution in [0.4, 0.5) is 10.5 Å². The fourth-order valence-electron chi connectivity index (χ4n) is 3.97. The van der Waals surface area contributed by atoms with E-state index < -0.39 is 0 Å². The zero-order chi connectivity index (χ0) is 18.9. The van der Waals surface area contributed by atoms with Crippen LogP contribution in [-0.4, -0.2) is 33.3 Å². The molecule has 1 heterocycles. The number of anilines is 1. The molecule has 5 heteroatoms. The van der Waals surface area contributed by atoms with Crippen LogP contribution in [0.5, 0.6) is 11.5 Å². The Bertz CT molecular complexity index is 845. The van der Waals surface area contributed by atoms with Gasteiger partial charge in [0.15, 0.2) is 11.5 Å². The molecule has 2 aromatic carbocycles. The van der Waals surface area contributed by atoms with E-state index in [2.05, 4.69) is 17.4 Å². The number of hydrogen-bond acceptors (Lipinski definition) is 3. The van der Waals surface area contributed by atoms with Gasteiger partial charge in [-0.25, -0.2) is 4.79 Å². The first-order valence-corrected chi connectivity index (χ1v) is 9.53. The summed E-state index contributed by atoms with van der Waals surface area (Å²) in [6, 6.07) is 14.2. The number of methoxy groups -OCH3 is 2. The molecular formula is C22H26N2O3. The maximum Gasteiger partial charge on any atom is 0.321 e. The Balaban J connectivity index is 1.47. The number of carbonyl (C=O) groups excluding carboxylic acids is 1. The number of benzene rings is 2.